The average Bonchev–Trinajstić information content (AvgIpc) is 2.31. The lowest BCUT2D eigenvalue weighted by Gasteiger charge is -2.21. The van der Waals surface area contributed by atoms with Gasteiger partial charge in [-0.1, -0.05) is 0 Å². The Kier molecular flexibility index (Phi) is 5.17. The van der Waals surface area contributed by atoms with Crippen LogP contribution in [0.1, 0.15) is 6.92 Å². The van der Waals surface area contributed by atoms with Gasteiger partial charge in [-0.05, 0) is 35.2 Å². The second-order valence-electron chi connectivity index (χ2n) is 3.52. The Labute approximate surface area is 104 Å². The summed E-state index contributed by atoms with van der Waals surface area (Å²) in [5.41, 5.74) is 0.373. The molecule has 7 heteroatoms. The molecular weight excluding hydrogens is 242 g/mol. The van der Waals surface area contributed by atoms with Crippen LogP contribution in [-0.4, -0.2) is 39.2 Å². The highest BCUT2D eigenvalue weighted by atomic mass is 32.2. The van der Waals surface area contributed by atoms with Crippen LogP contribution >= 0.6 is 11.8 Å². The van der Waals surface area contributed by atoms with Gasteiger partial charge in [0.1, 0.15) is 11.9 Å². The smallest absolute Gasteiger partial charge is 0.386 e. The zero-order chi connectivity index (χ0) is 12.8. The molecule has 6 nitrogen and oxygen atoms in total. The first kappa shape index (κ1) is 13.7. The lowest BCUT2D eigenvalue weighted by Crippen LogP contribution is -2.31. The SMILES string of the molecule is CSC(CO)C(C)Nc1cccnc1[N+](=O)[O-]. The summed E-state index contributed by atoms with van der Waals surface area (Å²) in [6, 6.07) is 3.16. The predicted molar refractivity (Wildman–Crippen MR) is 68.4 cm³/mol. The Hall–Kier alpha value is -1.34. The minimum absolute atomic E-state index is 0.0173. The molecule has 0 spiro atoms. The van der Waals surface area contributed by atoms with Gasteiger partial charge in [-0.15, -0.1) is 0 Å². The van der Waals surface area contributed by atoms with E-state index in [4.69, 9.17) is 5.11 Å². The van der Waals surface area contributed by atoms with Gasteiger partial charge in [-0.25, -0.2) is 0 Å². The van der Waals surface area contributed by atoms with Crippen molar-refractivity contribution in [3.8, 4) is 0 Å². The van der Waals surface area contributed by atoms with E-state index in [0.717, 1.165) is 0 Å². The zero-order valence-corrected chi connectivity index (χ0v) is 10.5. The number of aliphatic hydroxyl groups excluding tert-OH is 1. The molecule has 1 rings (SSSR count). The summed E-state index contributed by atoms with van der Waals surface area (Å²) in [6.45, 7) is 1.89. The van der Waals surface area contributed by atoms with Crippen LogP contribution < -0.4 is 5.32 Å². The van der Waals surface area contributed by atoms with Crippen LogP contribution in [0.15, 0.2) is 18.3 Å². The highest BCUT2D eigenvalue weighted by molar-refractivity contribution is 7.99. The Morgan fingerprint density at radius 3 is 2.94 bits per heavy atom. The van der Waals surface area contributed by atoms with E-state index in [1.54, 1.807) is 12.1 Å². The second-order valence-corrected chi connectivity index (χ2v) is 4.60. The van der Waals surface area contributed by atoms with Crippen LogP contribution in [0.2, 0.25) is 0 Å². The highest BCUT2D eigenvalue weighted by Crippen LogP contribution is 2.23. The fourth-order valence-corrected chi connectivity index (χ4v) is 2.06. The van der Waals surface area contributed by atoms with Crippen molar-refractivity contribution in [2.45, 2.75) is 18.2 Å². The average molecular weight is 257 g/mol. The maximum absolute atomic E-state index is 10.8. The zero-order valence-electron chi connectivity index (χ0n) is 9.66. The van der Waals surface area contributed by atoms with Crippen molar-refractivity contribution >= 4 is 23.3 Å². The van der Waals surface area contributed by atoms with Gasteiger partial charge in [0.2, 0.25) is 0 Å². The summed E-state index contributed by atoms with van der Waals surface area (Å²) >= 11 is 1.51. The lowest BCUT2D eigenvalue weighted by molar-refractivity contribution is -0.388. The van der Waals surface area contributed by atoms with Gasteiger partial charge < -0.3 is 20.5 Å². The quantitative estimate of drug-likeness (QED) is 0.593. The Balaban J connectivity index is 2.84. The molecule has 2 atom stereocenters. The molecule has 0 amide bonds. The largest absolute Gasteiger partial charge is 0.395 e. The van der Waals surface area contributed by atoms with Crippen molar-refractivity contribution in [2.24, 2.45) is 0 Å². The van der Waals surface area contributed by atoms with Crippen LogP contribution in [0.3, 0.4) is 0 Å². The molecule has 1 aromatic rings. The van der Waals surface area contributed by atoms with Gasteiger partial charge in [0, 0.05) is 11.3 Å². The summed E-state index contributed by atoms with van der Waals surface area (Å²) in [7, 11) is 0. The van der Waals surface area contributed by atoms with Crippen LogP contribution in [-0.2, 0) is 0 Å². The number of nitrogens with one attached hydrogen (secondary N) is 1. The Morgan fingerprint density at radius 2 is 2.41 bits per heavy atom. The van der Waals surface area contributed by atoms with Crippen molar-refractivity contribution in [1.82, 2.24) is 4.98 Å². The number of nitro groups is 1. The molecule has 0 aliphatic heterocycles. The third kappa shape index (κ3) is 3.57. The van der Waals surface area contributed by atoms with Crippen molar-refractivity contribution < 1.29 is 10.0 Å². The van der Waals surface area contributed by atoms with E-state index in [2.05, 4.69) is 10.3 Å². The minimum Gasteiger partial charge on any atom is -0.395 e. The summed E-state index contributed by atoms with van der Waals surface area (Å²) in [5, 5.41) is 22.9. The van der Waals surface area contributed by atoms with Gasteiger partial charge >= 0.3 is 5.82 Å². The van der Waals surface area contributed by atoms with E-state index in [-0.39, 0.29) is 23.7 Å². The van der Waals surface area contributed by atoms with E-state index in [1.807, 2.05) is 13.2 Å². The maximum atomic E-state index is 10.8. The van der Waals surface area contributed by atoms with Gasteiger partial charge in [-0.3, -0.25) is 0 Å². The Bertz CT molecular complexity index is 385. The molecule has 0 saturated carbocycles. The van der Waals surface area contributed by atoms with Crippen molar-refractivity contribution in [1.29, 1.82) is 0 Å². The summed E-state index contributed by atoms with van der Waals surface area (Å²) < 4.78 is 0. The molecule has 0 aliphatic rings. The number of aliphatic hydroxyl groups is 1. The number of rotatable bonds is 6. The van der Waals surface area contributed by atoms with Crippen LogP contribution in [0.4, 0.5) is 11.5 Å². The molecule has 0 radical (unpaired) electrons. The van der Waals surface area contributed by atoms with Crippen LogP contribution in [0.5, 0.6) is 0 Å². The van der Waals surface area contributed by atoms with E-state index in [0.29, 0.717) is 5.69 Å². The number of pyridine rings is 1. The van der Waals surface area contributed by atoms with Gasteiger partial charge in [0.05, 0.1) is 6.61 Å². The first-order valence-corrected chi connectivity index (χ1v) is 6.38. The van der Waals surface area contributed by atoms with Crippen molar-refractivity contribution in [3.05, 3.63) is 28.4 Å². The molecule has 17 heavy (non-hydrogen) atoms. The molecule has 1 aromatic heterocycles. The third-order valence-electron chi connectivity index (χ3n) is 2.38. The predicted octanol–water partition coefficient (Wildman–Crippen LogP) is 1.51. The molecule has 2 unspecified atom stereocenters. The fourth-order valence-electron chi connectivity index (χ4n) is 1.43. The molecular formula is C10H15N3O3S. The number of hydrogen-bond donors (Lipinski definition) is 2. The van der Waals surface area contributed by atoms with Gasteiger partial charge in [0.25, 0.3) is 0 Å². The number of aromatic nitrogens is 1. The summed E-state index contributed by atoms with van der Waals surface area (Å²) in [6.07, 6.45) is 3.27. The lowest BCUT2D eigenvalue weighted by atomic mass is 10.2. The number of anilines is 1. The van der Waals surface area contributed by atoms with Gasteiger partial charge in [-0.2, -0.15) is 11.8 Å². The van der Waals surface area contributed by atoms with Crippen LogP contribution in [0, 0.1) is 10.1 Å². The third-order valence-corrected chi connectivity index (χ3v) is 3.55. The van der Waals surface area contributed by atoms with Crippen molar-refractivity contribution in [2.75, 3.05) is 18.2 Å². The minimum atomic E-state index is -0.526. The first-order valence-electron chi connectivity index (χ1n) is 5.09. The van der Waals surface area contributed by atoms with E-state index in [9.17, 15) is 10.1 Å². The monoisotopic (exact) mass is 257 g/mol. The Morgan fingerprint density at radius 1 is 1.71 bits per heavy atom. The number of nitrogens with zero attached hydrogens (tertiary/aromatic N) is 2. The van der Waals surface area contributed by atoms with E-state index in [1.165, 1.54) is 18.0 Å². The molecule has 0 fully saturated rings. The van der Waals surface area contributed by atoms with Gasteiger partial charge in [0.15, 0.2) is 0 Å². The molecule has 1 heterocycles. The first-order chi connectivity index (χ1) is 8.10. The standard InChI is InChI=1S/C10H15N3O3S/c1-7(9(6-14)17-2)12-8-4-3-5-11-10(8)13(15)16/h3-5,7,9,12,14H,6H2,1-2H3. The molecule has 0 aromatic carbocycles. The normalized spacial score (nSPS) is 14.1. The van der Waals surface area contributed by atoms with Crippen LogP contribution in [0.25, 0.3) is 0 Å². The number of thioether (sulfide) groups is 1. The maximum Gasteiger partial charge on any atom is 0.386 e. The molecule has 2 N–H and O–H groups in total. The van der Waals surface area contributed by atoms with Crippen molar-refractivity contribution in [3.63, 3.8) is 0 Å². The number of hydrogen-bond acceptors (Lipinski definition) is 6. The van der Waals surface area contributed by atoms with E-state index >= 15 is 0 Å². The second kappa shape index (κ2) is 6.41. The topological polar surface area (TPSA) is 88.3 Å². The fraction of sp³-hybridized carbons (Fsp3) is 0.500. The molecule has 94 valence electrons. The summed E-state index contributed by atoms with van der Waals surface area (Å²) in [5.74, 6) is -0.197. The summed E-state index contributed by atoms with van der Waals surface area (Å²) in [4.78, 5) is 13.9. The molecule has 0 bridgehead atoms. The highest BCUT2D eigenvalue weighted by Gasteiger charge is 2.20. The molecule has 0 aliphatic carbocycles. The van der Waals surface area contributed by atoms with E-state index < -0.39 is 4.92 Å². The molecule has 0 saturated heterocycles.